The van der Waals surface area contributed by atoms with Gasteiger partial charge in [-0.3, -0.25) is 9.36 Å². The van der Waals surface area contributed by atoms with Crippen LogP contribution in [0.3, 0.4) is 0 Å². The predicted octanol–water partition coefficient (Wildman–Crippen LogP) is 3.09. The number of hydrogen-bond donors (Lipinski definition) is 2. The molecule has 0 radical (unpaired) electrons. The van der Waals surface area contributed by atoms with E-state index in [0.717, 1.165) is 46.9 Å². The molecule has 1 aromatic carbocycles. The van der Waals surface area contributed by atoms with Gasteiger partial charge in [0.1, 0.15) is 0 Å². The van der Waals surface area contributed by atoms with Gasteiger partial charge in [-0.15, -0.1) is 0 Å². The summed E-state index contributed by atoms with van der Waals surface area (Å²) in [4.78, 5) is 11.6. The van der Waals surface area contributed by atoms with Crippen LogP contribution in [0.5, 0.6) is 11.8 Å². The van der Waals surface area contributed by atoms with Crippen LogP contribution in [0.2, 0.25) is 0 Å². The lowest BCUT2D eigenvalue weighted by atomic mass is 9.95. The van der Waals surface area contributed by atoms with Crippen LogP contribution in [0.15, 0.2) is 18.2 Å². The summed E-state index contributed by atoms with van der Waals surface area (Å²) in [7, 11) is 1.35. The molecule has 0 saturated carbocycles. The molecular weight excluding hydrogens is 340 g/mol. The summed E-state index contributed by atoms with van der Waals surface area (Å²) in [6.07, 6.45) is 3.68. The van der Waals surface area contributed by atoms with Crippen molar-refractivity contribution in [2.75, 3.05) is 7.11 Å². The van der Waals surface area contributed by atoms with E-state index in [1.54, 1.807) is 0 Å². The highest BCUT2D eigenvalue weighted by molar-refractivity contribution is 7.13. The predicted molar refractivity (Wildman–Crippen MR) is 94.6 cm³/mol. The van der Waals surface area contributed by atoms with Crippen molar-refractivity contribution in [1.82, 2.24) is 8.94 Å². The molecule has 0 atom stereocenters. The van der Waals surface area contributed by atoms with Crippen LogP contribution < -0.4 is 0 Å². The van der Waals surface area contributed by atoms with Gasteiger partial charge in [-0.25, -0.2) is 0 Å². The molecule has 0 spiro atoms. The van der Waals surface area contributed by atoms with E-state index in [1.807, 2.05) is 18.2 Å². The number of ether oxygens (including phenoxy) is 1. The van der Waals surface area contributed by atoms with E-state index in [9.17, 15) is 15.0 Å². The number of benzene rings is 1. The molecule has 1 aliphatic carbocycles. The zero-order valence-electron chi connectivity index (χ0n) is 13.8. The van der Waals surface area contributed by atoms with Gasteiger partial charge in [0.15, 0.2) is 0 Å². The third-order valence-corrected chi connectivity index (χ3v) is 5.62. The van der Waals surface area contributed by atoms with Crippen LogP contribution in [0.4, 0.5) is 0 Å². The minimum absolute atomic E-state index is 0.0973. The highest BCUT2D eigenvalue weighted by atomic mass is 32.1. The zero-order valence-corrected chi connectivity index (χ0v) is 14.6. The van der Waals surface area contributed by atoms with Gasteiger partial charge in [-0.2, -0.15) is 4.37 Å². The van der Waals surface area contributed by atoms with Crippen molar-refractivity contribution in [3.63, 3.8) is 0 Å². The van der Waals surface area contributed by atoms with Gasteiger partial charge in [0.2, 0.25) is 11.8 Å². The van der Waals surface area contributed by atoms with E-state index < -0.39 is 0 Å². The first-order chi connectivity index (χ1) is 12.1. The van der Waals surface area contributed by atoms with E-state index in [4.69, 9.17) is 4.74 Å². The molecule has 2 aromatic heterocycles. The molecule has 1 aliphatic rings. The first-order valence-electron chi connectivity index (χ1n) is 8.20. The number of fused-ring (bicyclic) bond motifs is 2. The molecule has 6 nitrogen and oxygen atoms in total. The van der Waals surface area contributed by atoms with Gasteiger partial charge in [0.25, 0.3) is 0 Å². The average Bonchev–Trinajstić information content (AvgIpc) is 3.14. The molecule has 25 heavy (non-hydrogen) atoms. The first-order valence-corrected chi connectivity index (χ1v) is 8.97. The Labute approximate surface area is 148 Å². The minimum Gasteiger partial charge on any atom is -0.494 e. The van der Waals surface area contributed by atoms with Crippen molar-refractivity contribution in [3.8, 4) is 17.4 Å². The number of methoxy groups -OCH3 is 1. The van der Waals surface area contributed by atoms with Gasteiger partial charge in [-0.05, 0) is 55.4 Å². The number of rotatable bonds is 3. The molecule has 130 valence electrons. The Morgan fingerprint density at radius 2 is 1.92 bits per heavy atom. The maximum absolute atomic E-state index is 11.6. The largest absolute Gasteiger partial charge is 0.494 e. The lowest BCUT2D eigenvalue weighted by Gasteiger charge is -2.09. The second-order valence-electron chi connectivity index (χ2n) is 6.21. The second kappa shape index (κ2) is 6.07. The summed E-state index contributed by atoms with van der Waals surface area (Å²) in [6, 6.07) is 5.58. The van der Waals surface area contributed by atoms with Crippen molar-refractivity contribution < 1.29 is 19.7 Å². The van der Waals surface area contributed by atoms with Crippen LogP contribution >= 0.6 is 11.5 Å². The summed E-state index contributed by atoms with van der Waals surface area (Å²) in [5.41, 5.74) is 2.97. The molecule has 0 amide bonds. The lowest BCUT2D eigenvalue weighted by molar-refractivity contribution is -0.139. The van der Waals surface area contributed by atoms with Crippen LogP contribution in [-0.4, -0.2) is 32.2 Å². The van der Waals surface area contributed by atoms with Crippen molar-refractivity contribution in [2.24, 2.45) is 0 Å². The number of carbonyl (C=O) groups excluding carboxylic acids is 1. The molecule has 0 unspecified atom stereocenters. The fourth-order valence-corrected chi connectivity index (χ4v) is 4.24. The van der Waals surface area contributed by atoms with E-state index in [0.29, 0.717) is 11.4 Å². The minimum atomic E-state index is -0.347. The number of nitrogens with zero attached hydrogens (tertiary/aromatic N) is 2. The molecule has 0 saturated heterocycles. The topological polar surface area (TPSA) is 84.6 Å². The summed E-state index contributed by atoms with van der Waals surface area (Å²) >= 11 is 1.31. The average molecular weight is 358 g/mol. The lowest BCUT2D eigenvalue weighted by Crippen LogP contribution is -2.04. The first kappa shape index (κ1) is 16.0. The fraction of sp³-hybridized carbons (Fsp3) is 0.333. The third-order valence-electron chi connectivity index (χ3n) is 4.76. The van der Waals surface area contributed by atoms with Crippen molar-refractivity contribution in [3.05, 3.63) is 35.0 Å². The number of aromatic hydroxyl groups is 2. The Morgan fingerprint density at radius 3 is 2.56 bits per heavy atom. The van der Waals surface area contributed by atoms with Crippen LogP contribution in [0.1, 0.15) is 29.7 Å². The maximum atomic E-state index is 11.6. The summed E-state index contributed by atoms with van der Waals surface area (Å²) < 4.78 is 11.5. The van der Waals surface area contributed by atoms with Gasteiger partial charge in [0.05, 0.1) is 29.6 Å². The summed E-state index contributed by atoms with van der Waals surface area (Å²) in [6.45, 7) is 0. The molecule has 0 bridgehead atoms. The van der Waals surface area contributed by atoms with Gasteiger partial charge in [0, 0.05) is 16.5 Å². The molecule has 0 aliphatic heterocycles. The van der Waals surface area contributed by atoms with Gasteiger partial charge < -0.3 is 14.9 Å². The van der Waals surface area contributed by atoms with Gasteiger partial charge in [-0.1, -0.05) is 0 Å². The number of carbonyl (C=O) groups is 1. The fourth-order valence-electron chi connectivity index (χ4n) is 3.47. The summed E-state index contributed by atoms with van der Waals surface area (Å²) in [5.74, 6) is -0.145. The van der Waals surface area contributed by atoms with Crippen LogP contribution in [-0.2, 0) is 28.8 Å². The Morgan fingerprint density at radius 1 is 1.24 bits per heavy atom. The van der Waals surface area contributed by atoms with E-state index in [2.05, 4.69) is 4.37 Å². The molecule has 4 rings (SSSR count). The smallest absolute Gasteiger partial charge is 0.311 e. The van der Waals surface area contributed by atoms with Crippen LogP contribution in [0, 0.1) is 0 Å². The Hall–Kier alpha value is -2.54. The van der Waals surface area contributed by atoms with Gasteiger partial charge >= 0.3 is 5.97 Å². The van der Waals surface area contributed by atoms with Crippen LogP contribution in [0.25, 0.3) is 15.8 Å². The number of esters is 1. The maximum Gasteiger partial charge on any atom is 0.311 e. The number of aromatic nitrogens is 2. The standard InChI is InChI=1S/C18H18N2O4S/c1-24-16(21)9-14-13-8-10(6-7-15(13)25-19-14)20-17(22)11-4-2-3-5-12(11)18(20)23/h6-8,22-23H,2-5,9H2,1H3. The molecule has 7 heteroatoms. The summed E-state index contributed by atoms with van der Waals surface area (Å²) in [5, 5.41) is 22.0. The monoisotopic (exact) mass is 358 g/mol. The highest BCUT2D eigenvalue weighted by Crippen LogP contribution is 2.41. The van der Waals surface area contributed by atoms with Crippen molar-refractivity contribution >= 4 is 27.6 Å². The Kier molecular flexibility index (Phi) is 3.88. The molecule has 0 fully saturated rings. The van der Waals surface area contributed by atoms with Crippen molar-refractivity contribution in [1.29, 1.82) is 0 Å². The molecule has 2 heterocycles. The Bertz CT molecular complexity index is 944. The Balaban J connectivity index is 1.84. The second-order valence-corrected chi connectivity index (χ2v) is 7.01. The van der Waals surface area contributed by atoms with Crippen molar-refractivity contribution in [2.45, 2.75) is 32.1 Å². The quantitative estimate of drug-likeness (QED) is 0.703. The highest BCUT2D eigenvalue weighted by Gasteiger charge is 2.25. The third kappa shape index (κ3) is 2.55. The van der Waals surface area contributed by atoms with E-state index >= 15 is 0 Å². The van der Waals surface area contributed by atoms with E-state index in [1.165, 1.54) is 23.2 Å². The van der Waals surface area contributed by atoms with E-state index in [-0.39, 0.29) is 24.2 Å². The zero-order chi connectivity index (χ0) is 17.6. The molecular formula is C18H18N2O4S. The SMILES string of the molecule is COC(=O)Cc1nsc2ccc(-n3c(O)c4c(c3O)CCCC4)cc12. The number of hydrogen-bond acceptors (Lipinski definition) is 6. The normalized spacial score (nSPS) is 13.8. The molecule has 2 N–H and O–H groups in total. The molecule has 3 aromatic rings.